The van der Waals surface area contributed by atoms with Crippen molar-refractivity contribution in [3.63, 3.8) is 0 Å². The van der Waals surface area contributed by atoms with E-state index in [4.69, 9.17) is 0 Å². The van der Waals surface area contributed by atoms with E-state index in [1.807, 2.05) is 19.1 Å². The Morgan fingerprint density at radius 3 is 2.41 bits per heavy atom. The van der Waals surface area contributed by atoms with Gasteiger partial charge in [0.25, 0.3) is 0 Å². The van der Waals surface area contributed by atoms with Gasteiger partial charge in [-0.05, 0) is 76.7 Å². The topological polar surface area (TPSA) is 29.1 Å². The van der Waals surface area contributed by atoms with E-state index in [2.05, 4.69) is 72.1 Å². The Kier molecular flexibility index (Phi) is 6.00. The van der Waals surface area contributed by atoms with Gasteiger partial charge in [-0.15, -0.1) is 0 Å². The van der Waals surface area contributed by atoms with Gasteiger partial charge in [0.1, 0.15) is 0 Å². The maximum absolute atomic E-state index is 12.1. The summed E-state index contributed by atoms with van der Waals surface area (Å²) in [5.74, 6) is 0.610. The molecule has 0 aliphatic rings. The van der Waals surface area contributed by atoms with E-state index in [0.717, 1.165) is 17.7 Å². The highest BCUT2D eigenvalue weighted by Crippen LogP contribution is 2.19. The molecule has 0 aliphatic heterocycles. The number of amides is 1. The van der Waals surface area contributed by atoms with E-state index >= 15 is 0 Å². The number of anilines is 1. The smallest absolute Gasteiger partial charge is 0.224 e. The summed E-state index contributed by atoms with van der Waals surface area (Å²) in [6, 6.07) is 14.6. The number of hydrogen-bond acceptors (Lipinski definition) is 1. The predicted molar refractivity (Wildman–Crippen MR) is 101 cm³/mol. The van der Waals surface area contributed by atoms with E-state index in [1.165, 1.54) is 14.7 Å². The van der Waals surface area contributed by atoms with Crippen molar-refractivity contribution in [1.82, 2.24) is 0 Å². The molecule has 0 spiro atoms. The van der Waals surface area contributed by atoms with Crippen LogP contribution in [-0.2, 0) is 11.2 Å². The number of nitrogens with one attached hydrogen (secondary N) is 1. The Morgan fingerprint density at radius 2 is 1.82 bits per heavy atom. The molecule has 0 heterocycles. The molecule has 0 unspecified atom stereocenters. The molecule has 1 amide bonds. The molecular weight excluding hydrogens is 385 g/mol. The molecule has 2 aromatic rings. The lowest BCUT2D eigenvalue weighted by Gasteiger charge is -2.09. The van der Waals surface area contributed by atoms with Gasteiger partial charge in [0.05, 0.1) is 0 Å². The van der Waals surface area contributed by atoms with Crippen LogP contribution in [0.15, 0.2) is 42.5 Å². The fourth-order valence-corrected chi connectivity index (χ4v) is 2.95. The second kappa shape index (κ2) is 7.77. The Labute approximate surface area is 146 Å². The third-order valence-electron chi connectivity index (χ3n) is 3.75. The summed E-state index contributed by atoms with van der Waals surface area (Å²) in [6.45, 7) is 6.39. The maximum atomic E-state index is 12.1. The Bertz CT molecular complexity index is 647. The number of rotatable bonds is 5. The van der Waals surface area contributed by atoms with Crippen molar-refractivity contribution in [3.05, 3.63) is 62.7 Å². The van der Waals surface area contributed by atoms with Gasteiger partial charge in [0, 0.05) is 15.7 Å². The van der Waals surface area contributed by atoms with Crippen LogP contribution in [0.25, 0.3) is 0 Å². The molecule has 0 bridgehead atoms. The number of aryl methyl sites for hydroxylation is 2. The van der Waals surface area contributed by atoms with Crippen LogP contribution in [0.4, 0.5) is 5.69 Å². The Balaban J connectivity index is 1.89. The first-order valence-electron chi connectivity index (χ1n) is 7.60. The van der Waals surface area contributed by atoms with Crippen LogP contribution in [0.2, 0.25) is 0 Å². The highest BCUT2D eigenvalue weighted by molar-refractivity contribution is 14.1. The molecule has 2 aromatic carbocycles. The monoisotopic (exact) mass is 407 g/mol. The zero-order chi connectivity index (χ0) is 16.1. The summed E-state index contributed by atoms with van der Waals surface area (Å²) >= 11 is 2.27. The van der Waals surface area contributed by atoms with Crippen molar-refractivity contribution in [2.75, 3.05) is 5.32 Å². The lowest BCUT2D eigenvalue weighted by atomic mass is 10.0. The second-order valence-corrected chi connectivity index (χ2v) is 7.15. The van der Waals surface area contributed by atoms with E-state index in [1.54, 1.807) is 0 Å². The van der Waals surface area contributed by atoms with Crippen molar-refractivity contribution in [3.8, 4) is 0 Å². The van der Waals surface area contributed by atoms with Crippen LogP contribution in [-0.4, -0.2) is 5.91 Å². The van der Waals surface area contributed by atoms with E-state index in [-0.39, 0.29) is 5.91 Å². The molecule has 2 nitrogen and oxygen atoms in total. The van der Waals surface area contributed by atoms with Gasteiger partial charge in [0.2, 0.25) is 5.91 Å². The average molecular weight is 407 g/mol. The molecule has 22 heavy (non-hydrogen) atoms. The summed E-state index contributed by atoms with van der Waals surface area (Å²) < 4.78 is 1.18. The lowest BCUT2D eigenvalue weighted by molar-refractivity contribution is -0.116. The fraction of sp³-hybridized carbons (Fsp3) is 0.316. The first-order valence-corrected chi connectivity index (χ1v) is 8.68. The third kappa shape index (κ3) is 4.83. The van der Waals surface area contributed by atoms with Crippen LogP contribution >= 0.6 is 22.6 Å². The summed E-state index contributed by atoms with van der Waals surface area (Å²) in [7, 11) is 0. The number of carbonyl (C=O) groups is 1. The van der Waals surface area contributed by atoms with Gasteiger partial charge in [0.15, 0.2) is 0 Å². The molecule has 0 fully saturated rings. The average Bonchev–Trinajstić information content (AvgIpc) is 2.48. The largest absolute Gasteiger partial charge is 0.326 e. The van der Waals surface area contributed by atoms with Gasteiger partial charge >= 0.3 is 0 Å². The van der Waals surface area contributed by atoms with E-state index < -0.39 is 0 Å². The Hall–Kier alpha value is -1.36. The van der Waals surface area contributed by atoms with Gasteiger partial charge in [-0.2, -0.15) is 0 Å². The molecule has 0 atom stereocenters. The highest BCUT2D eigenvalue weighted by Gasteiger charge is 2.06. The molecule has 0 radical (unpaired) electrons. The van der Waals surface area contributed by atoms with Gasteiger partial charge in [-0.3, -0.25) is 4.79 Å². The molecule has 3 heteroatoms. The molecule has 1 N–H and O–H groups in total. The first-order chi connectivity index (χ1) is 10.5. The van der Waals surface area contributed by atoms with Crippen LogP contribution in [0.1, 0.15) is 42.9 Å². The number of halogens is 1. The van der Waals surface area contributed by atoms with Gasteiger partial charge in [-0.1, -0.05) is 38.1 Å². The number of benzene rings is 2. The zero-order valence-electron chi connectivity index (χ0n) is 13.3. The molecule has 2 rings (SSSR count). The van der Waals surface area contributed by atoms with Crippen LogP contribution in [0.5, 0.6) is 0 Å². The minimum Gasteiger partial charge on any atom is -0.326 e. The predicted octanol–water partition coefficient (Wildman–Crippen LogP) is 5.29. The number of carbonyl (C=O) groups excluding carboxylic acids is 1. The van der Waals surface area contributed by atoms with Crippen LogP contribution in [0.3, 0.4) is 0 Å². The van der Waals surface area contributed by atoms with Crippen LogP contribution < -0.4 is 5.32 Å². The van der Waals surface area contributed by atoms with Gasteiger partial charge in [-0.25, -0.2) is 0 Å². The highest BCUT2D eigenvalue weighted by atomic mass is 127. The Morgan fingerprint density at radius 1 is 1.14 bits per heavy atom. The minimum atomic E-state index is 0.0669. The van der Waals surface area contributed by atoms with Crippen molar-refractivity contribution in [2.24, 2.45) is 0 Å². The molecule has 0 aliphatic carbocycles. The standard InChI is InChI=1S/C19H22INO/c1-13(2)16-7-4-15(5-8-16)6-11-19(22)21-18-10-9-17(20)12-14(18)3/h4-5,7-10,12-13H,6,11H2,1-3H3,(H,21,22). The number of hydrogen-bond donors (Lipinski definition) is 1. The van der Waals surface area contributed by atoms with Gasteiger partial charge < -0.3 is 5.32 Å². The van der Waals surface area contributed by atoms with Crippen LogP contribution in [0, 0.1) is 10.5 Å². The fourth-order valence-electron chi connectivity index (χ4n) is 2.31. The SMILES string of the molecule is Cc1cc(I)ccc1NC(=O)CCc1ccc(C(C)C)cc1. The third-order valence-corrected chi connectivity index (χ3v) is 4.42. The molecular formula is C19H22INO. The normalized spacial score (nSPS) is 10.8. The molecule has 0 saturated carbocycles. The zero-order valence-corrected chi connectivity index (χ0v) is 15.5. The summed E-state index contributed by atoms with van der Waals surface area (Å²) in [6.07, 6.45) is 1.28. The summed E-state index contributed by atoms with van der Waals surface area (Å²) in [4.78, 5) is 12.1. The molecule has 116 valence electrons. The minimum absolute atomic E-state index is 0.0669. The van der Waals surface area contributed by atoms with Crippen molar-refractivity contribution in [1.29, 1.82) is 0 Å². The summed E-state index contributed by atoms with van der Waals surface area (Å²) in [5.41, 5.74) is 4.55. The van der Waals surface area contributed by atoms with Crippen molar-refractivity contribution >= 4 is 34.2 Å². The molecule has 0 aromatic heterocycles. The van der Waals surface area contributed by atoms with Crippen molar-refractivity contribution < 1.29 is 4.79 Å². The van der Waals surface area contributed by atoms with E-state index in [0.29, 0.717) is 12.3 Å². The second-order valence-electron chi connectivity index (χ2n) is 5.90. The molecule has 0 saturated heterocycles. The van der Waals surface area contributed by atoms with E-state index in [9.17, 15) is 4.79 Å². The lowest BCUT2D eigenvalue weighted by Crippen LogP contribution is -2.13. The maximum Gasteiger partial charge on any atom is 0.224 e. The summed E-state index contributed by atoms with van der Waals surface area (Å²) in [5, 5.41) is 3.00. The quantitative estimate of drug-likeness (QED) is 0.671. The van der Waals surface area contributed by atoms with Crippen molar-refractivity contribution in [2.45, 2.75) is 39.5 Å². The first kappa shape index (κ1) is 17.0.